The van der Waals surface area contributed by atoms with Crippen LogP contribution in [0.15, 0.2) is 12.3 Å². The molecule has 2 aliphatic heterocycles. The van der Waals surface area contributed by atoms with Crippen LogP contribution < -0.4 is 15.4 Å². The minimum atomic E-state index is -0.212. The van der Waals surface area contributed by atoms with Crippen LogP contribution in [0.25, 0.3) is 0 Å². The zero-order valence-corrected chi connectivity index (χ0v) is 20.0. The third kappa shape index (κ3) is 4.60. The van der Waals surface area contributed by atoms with Gasteiger partial charge in [-0.15, -0.1) is 36.2 Å². The largest absolute Gasteiger partial charge is 0.496 e. The van der Waals surface area contributed by atoms with E-state index in [1.165, 1.54) is 10.4 Å². The van der Waals surface area contributed by atoms with Crippen molar-refractivity contribution in [3.63, 3.8) is 0 Å². The molecule has 0 radical (unpaired) electrons. The van der Waals surface area contributed by atoms with Gasteiger partial charge in [-0.2, -0.15) is 0 Å². The Bertz CT molecular complexity index is 898. The SMILES string of the molecule is COc1c(C)cnc(CNC(=O)c2cc3c(s2)CCOC32CCNCC2)c1C.Cl.Cl. The number of hydrogen-bond donors (Lipinski definition) is 2. The molecule has 0 bridgehead atoms. The van der Waals surface area contributed by atoms with Gasteiger partial charge in [-0.1, -0.05) is 0 Å². The van der Waals surface area contributed by atoms with Crippen LogP contribution in [0.5, 0.6) is 5.75 Å². The van der Waals surface area contributed by atoms with E-state index in [0.29, 0.717) is 6.54 Å². The maximum absolute atomic E-state index is 12.8. The number of nitrogens with zero attached hydrogens (tertiary/aromatic N) is 1. The summed E-state index contributed by atoms with van der Waals surface area (Å²) in [6, 6.07) is 2.05. The molecule has 1 spiro atoms. The molecule has 0 unspecified atom stereocenters. The highest BCUT2D eigenvalue weighted by Crippen LogP contribution is 2.43. The Morgan fingerprint density at radius 3 is 2.77 bits per heavy atom. The molecule has 0 saturated carbocycles. The lowest BCUT2D eigenvalue weighted by Crippen LogP contribution is -2.44. The van der Waals surface area contributed by atoms with Crippen LogP contribution in [0.3, 0.4) is 0 Å². The fourth-order valence-corrected chi connectivity index (χ4v) is 5.42. The van der Waals surface area contributed by atoms with Gasteiger partial charge in [0, 0.05) is 28.6 Å². The first-order valence-electron chi connectivity index (χ1n) is 9.79. The lowest BCUT2D eigenvalue weighted by atomic mass is 9.83. The van der Waals surface area contributed by atoms with Gasteiger partial charge in [0.1, 0.15) is 5.75 Å². The Morgan fingerprint density at radius 2 is 2.07 bits per heavy atom. The summed E-state index contributed by atoms with van der Waals surface area (Å²) in [4.78, 5) is 19.3. The van der Waals surface area contributed by atoms with Crippen LogP contribution in [0, 0.1) is 13.8 Å². The average Bonchev–Trinajstić information content (AvgIpc) is 3.14. The van der Waals surface area contributed by atoms with Crippen molar-refractivity contribution in [1.82, 2.24) is 15.6 Å². The second-order valence-corrected chi connectivity index (χ2v) is 8.66. The minimum absolute atomic E-state index is 0. The van der Waals surface area contributed by atoms with E-state index in [4.69, 9.17) is 9.47 Å². The summed E-state index contributed by atoms with van der Waals surface area (Å²) < 4.78 is 11.7. The van der Waals surface area contributed by atoms with Crippen molar-refractivity contribution in [3.05, 3.63) is 44.4 Å². The maximum atomic E-state index is 12.8. The van der Waals surface area contributed by atoms with Gasteiger partial charge in [-0.25, -0.2) is 0 Å². The maximum Gasteiger partial charge on any atom is 0.261 e. The van der Waals surface area contributed by atoms with Crippen LogP contribution in [-0.4, -0.2) is 37.7 Å². The second kappa shape index (κ2) is 10.3. The molecule has 166 valence electrons. The Labute approximate surface area is 194 Å². The monoisotopic (exact) mass is 473 g/mol. The number of fused-ring (bicyclic) bond motifs is 2. The van der Waals surface area contributed by atoms with E-state index < -0.39 is 0 Å². The van der Waals surface area contributed by atoms with Crippen molar-refractivity contribution in [1.29, 1.82) is 0 Å². The van der Waals surface area contributed by atoms with Crippen molar-refractivity contribution >= 4 is 42.1 Å². The minimum Gasteiger partial charge on any atom is -0.496 e. The van der Waals surface area contributed by atoms with E-state index in [2.05, 4.69) is 21.7 Å². The number of aromatic nitrogens is 1. The van der Waals surface area contributed by atoms with Crippen LogP contribution in [0.2, 0.25) is 0 Å². The predicted octanol–water partition coefficient (Wildman–Crippen LogP) is 3.69. The molecule has 4 rings (SSSR count). The van der Waals surface area contributed by atoms with Crippen molar-refractivity contribution in [2.75, 3.05) is 26.8 Å². The number of carbonyl (C=O) groups is 1. The number of aryl methyl sites for hydroxylation is 1. The summed E-state index contributed by atoms with van der Waals surface area (Å²) in [5.74, 6) is 0.778. The molecule has 4 heterocycles. The number of nitrogens with one attached hydrogen (secondary N) is 2. The third-order valence-electron chi connectivity index (χ3n) is 5.81. The first kappa shape index (κ1) is 24.9. The van der Waals surface area contributed by atoms with Crippen molar-refractivity contribution in [2.24, 2.45) is 0 Å². The molecular formula is C21H29Cl2N3O3S. The van der Waals surface area contributed by atoms with Gasteiger partial charge >= 0.3 is 0 Å². The molecule has 2 aromatic rings. The summed E-state index contributed by atoms with van der Waals surface area (Å²) in [6.45, 7) is 6.97. The van der Waals surface area contributed by atoms with Gasteiger partial charge in [0.05, 0.1) is 36.4 Å². The van der Waals surface area contributed by atoms with E-state index in [9.17, 15) is 4.79 Å². The Hall–Kier alpha value is -1.38. The number of rotatable bonds is 4. The Morgan fingerprint density at radius 1 is 1.33 bits per heavy atom. The quantitative estimate of drug-likeness (QED) is 0.707. The molecule has 6 nitrogen and oxygen atoms in total. The van der Waals surface area contributed by atoms with Crippen molar-refractivity contribution in [3.8, 4) is 5.75 Å². The van der Waals surface area contributed by atoms with Crippen LogP contribution >= 0.6 is 36.2 Å². The first-order valence-corrected chi connectivity index (χ1v) is 10.6. The van der Waals surface area contributed by atoms with Gasteiger partial charge in [0.15, 0.2) is 0 Å². The highest BCUT2D eigenvalue weighted by atomic mass is 35.5. The Balaban J connectivity index is 0.00000160. The zero-order valence-electron chi connectivity index (χ0n) is 17.5. The number of ether oxygens (including phenoxy) is 2. The molecule has 9 heteroatoms. The van der Waals surface area contributed by atoms with Crippen molar-refractivity contribution in [2.45, 2.75) is 45.3 Å². The van der Waals surface area contributed by atoms with Gasteiger partial charge < -0.3 is 20.1 Å². The molecule has 1 amide bonds. The lowest BCUT2D eigenvalue weighted by molar-refractivity contribution is -0.0792. The third-order valence-corrected chi connectivity index (χ3v) is 7.00. The molecule has 0 atom stereocenters. The molecule has 1 fully saturated rings. The lowest BCUT2D eigenvalue weighted by Gasteiger charge is -2.40. The molecule has 2 aliphatic rings. The first-order chi connectivity index (χ1) is 13.5. The topological polar surface area (TPSA) is 72.5 Å². The number of methoxy groups -OCH3 is 1. The molecule has 1 saturated heterocycles. The van der Waals surface area contributed by atoms with Gasteiger partial charge in [-0.05, 0) is 51.4 Å². The molecular weight excluding hydrogens is 445 g/mol. The molecule has 2 N–H and O–H groups in total. The van der Waals surface area contributed by atoms with E-state index in [1.54, 1.807) is 24.6 Å². The van der Waals surface area contributed by atoms with Crippen molar-refractivity contribution < 1.29 is 14.3 Å². The second-order valence-electron chi connectivity index (χ2n) is 7.52. The highest BCUT2D eigenvalue weighted by Gasteiger charge is 2.40. The summed E-state index contributed by atoms with van der Waals surface area (Å²) in [5, 5.41) is 6.43. The summed E-state index contributed by atoms with van der Waals surface area (Å²) in [5.41, 5.74) is 3.80. The number of carbonyl (C=O) groups excluding carboxylic acids is 1. The smallest absolute Gasteiger partial charge is 0.261 e. The summed E-state index contributed by atoms with van der Waals surface area (Å²) >= 11 is 1.60. The van der Waals surface area contributed by atoms with E-state index in [-0.39, 0.29) is 36.3 Å². The fraction of sp³-hybridized carbons (Fsp3) is 0.524. The average molecular weight is 474 g/mol. The van der Waals surface area contributed by atoms with Crippen LogP contribution in [0.1, 0.15) is 49.8 Å². The fourth-order valence-electron chi connectivity index (χ4n) is 4.27. The van der Waals surface area contributed by atoms with Gasteiger partial charge in [0.25, 0.3) is 5.91 Å². The predicted molar refractivity (Wildman–Crippen MR) is 124 cm³/mol. The number of piperidine rings is 1. The molecule has 0 aliphatic carbocycles. The molecule has 2 aromatic heterocycles. The number of halogens is 2. The van der Waals surface area contributed by atoms with Crippen LogP contribution in [0.4, 0.5) is 0 Å². The number of hydrogen-bond acceptors (Lipinski definition) is 6. The van der Waals surface area contributed by atoms with E-state index >= 15 is 0 Å². The highest BCUT2D eigenvalue weighted by molar-refractivity contribution is 7.14. The van der Waals surface area contributed by atoms with Crippen LogP contribution in [-0.2, 0) is 23.3 Å². The number of amides is 1. The number of pyridine rings is 1. The van der Waals surface area contributed by atoms with Gasteiger partial charge in [0.2, 0.25) is 0 Å². The summed E-state index contributed by atoms with van der Waals surface area (Å²) in [7, 11) is 1.66. The Kier molecular flexibility index (Phi) is 8.53. The standard InChI is InChI=1S/C21H27N3O3S.2ClH/c1-13-11-23-16(14(2)19(13)26-3)12-24-20(25)18-10-15-17(28-18)4-9-27-21(15)5-7-22-8-6-21;;/h10-11,22H,4-9,12H2,1-3H3,(H,24,25);2*1H. The van der Waals surface area contributed by atoms with E-state index in [0.717, 1.165) is 66.4 Å². The van der Waals surface area contributed by atoms with E-state index in [1.807, 2.05) is 13.8 Å². The zero-order chi connectivity index (χ0) is 19.7. The molecule has 30 heavy (non-hydrogen) atoms. The summed E-state index contributed by atoms with van der Waals surface area (Å²) in [6.07, 6.45) is 4.60. The van der Waals surface area contributed by atoms with Gasteiger partial charge in [-0.3, -0.25) is 9.78 Å². The normalized spacial score (nSPS) is 16.8. The molecule has 0 aromatic carbocycles. The number of thiophene rings is 1.